The van der Waals surface area contributed by atoms with E-state index in [4.69, 9.17) is 9.47 Å². The summed E-state index contributed by atoms with van der Waals surface area (Å²) < 4.78 is 11.7. The van der Waals surface area contributed by atoms with Gasteiger partial charge < -0.3 is 19.7 Å². The highest BCUT2D eigenvalue weighted by molar-refractivity contribution is 9.11. The van der Waals surface area contributed by atoms with Crippen molar-refractivity contribution < 1.29 is 19.1 Å². The van der Waals surface area contributed by atoms with Crippen LogP contribution in [0.4, 0.5) is 0 Å². The number of para-hydroxylation sites is 2. The third-order valence-corrected chi connectivity index (χ3v) is 5.00. The number of rotatable bonds is 8. The van der Waals surface area contributed by atoms with E-state index in [-0.39, 0.29) is 18.4 Å². The van der Waals surface area contributed by atoms with E-state index in [9.17, 15) is 9.59 Å². The lowest BCUT2D eigenvalue weighted by Gasteiger charge is -2.18. The molecule has 8 heteroatoms. The van der Waals surface area contributed by atoms with Gasteiger partial charge in [-0.1, -0.05) is 12.1 Å². The standard InChI is InChI=1S/C17H19BrN2O4S/c1-20(9-10-24-13-6-4-3-5-12(13)23-2)16(21)11-19-17(22)14-7-8-15(18)25-14/h3-8H,9-11H2,1-2H3,(H,19,22). The molecule has 134 valence electrons. The lowest BCUT2D eigenvalue weighted by molar-refractivity contribution is -0.129. The molecular weight excluding hydrogens is 408 g/mol. The first-order valence-corrected chi connectivity index (χ1v) is 9.15. The Labute approximate surface area is 158 Å². The number of carbonyl (C=O) groups is 2. The Morgan fingerprint density at radius 1 is 1.20 bits per heavy atom. The zero-order valence-electron chi connectivity index (χ0n) is 14.0. The van der Waals surface area contributed by atoms with Crippen molar-refractivity contribution >= 4 is 39.1 Å². The van der Waals surface area contributed by atoms with Crippen molar-refractivity contribution in [2.45, 2.75) is 0 Å². The minimum atomic E-state index is -0.261. The lowest BCUT2D eigenvalue weighted by Crippen LogP contribution is -2.39. The lowest BCUT2D eigenvalue weighted by atomic mass is 10.3. The Hall–Kier alpha value is -2.06. The maximum atomic E-state index is 12.1. The number of carbonyl (C=O) groups excluding carboxylic acids is 2. The van der Waals surface area contributed by atoms with E-state index >= 15 is 0 Å². The van der Waals surface area contributed by atoms with E-state index in [2.05, 4.69) is 21.2 Å². The number of halogens is 1. The molecule has 0 saturated heterocycles. The molecule has 0 aliphatic carbocycles. The molecule has 0 aliphatic heterocycles. The fourth-order valence-electron chi connectivity index (χ4n) is 1.97. The molecule has 1 aromatic carbocycles. The molecule has 2 rings (SSSR count). The second-order valence-electron chi connectivity index (χ2n) is 5.10. The van der Waals surface area contributed by atoms with E-state index in [1.807, 2.05) is 18.2 Å². The predicted octanol–water partition coefficient (Wildman–Crippen LogP) is 2.79. The maximum absolute atomic E-state index is 12.1. The summed E-state index contributed by atoms with van der Waals surface area (Å²) in [5.41, 5.74) is 0. The average molecular weight is 427 g/mol. The molecule has 6 nitrogen and oxygen atoms in total. The normalized spacial score (nSPS) is 10.2. The van der Waals surface area contributed by atoms with E-state index in [1.54, 1.807) is 32.4 Å². The number of hydrogen-bond donors (Lipinski definition) is 1. The van der Waals surface area contributed by atoms with Gasteiger partial charge in [0, 0.05) is 7.05 Å². The van der Waals surface area contributed by atoms with Gasteiger partial charge in [-0.25, -0.2) is 0 Å². The summed E-state index contributed by atoms with van der Waals surface area (Å²) in [4.78, 5) is 26.1. The van der Waals surface area contributed by atoms with Crippen LogP contribution in [0.15, 0.2) is 40.2 Å². The summed E-state index contributed by atoms with van der Waals surface area (Å²) in [6.45, 7) is 0.672. The van der Waals surface area contributed by atoms with Crippen molar-refractivity contribution in [1.82, 2.24) is 10.2 Å². The van der Waals surface area contributed by atoms with E-state index < -0.39 is 0 Å². The van der Waals surface area contributed by atoms with Crippen molar-refractivity contribution in [2.75, 3.05) is 33.9 Å². The van der Waals surface area contributed by atoms with Crippen LogP contribution in [0.3, 0.4) is 0 Å². The quantitative estimate of drug-likeness (QED) is 0.704. The van der Waals surface area contributed by atoms with Gasteiger partial charge >= 0.3 is 0 Å². The van der Waals surface area contributed by atoms with Crippen LogP contribution in [0.1, 0.15) is 9.67 Å². The van der Waals surface area contributed by atoms with E-state index in [0.29, 0.717) is 29.5 Å². The summed E-state index contributed by atoms with van der Waals surface area (Å²) in [7, 11) is 3.24. The molecule has 25 heavy (non-hydrogen) atoms. The monoisotopic (exact) mass is 426 g/mol. The molecule has 0 saturated carbocycles. The van der Waals surface area contributed by atoms with Gasteiger partial charge in [-0.15, -0.1) is 11.3 Å². The van der Waals surface area contributed by atoms with Crippen LogP contribution in [-0.2, 0) is 4.79 Å². The van der Waals surface area contributed by atoms with Gasteiger partial charge in [-0.3, -0.25) is 9.59 Å². The molecule has 0 fully saturated rings. The molecule has 0 aliphatic rings. The number of likely N-dealkylation sites (N-methyl/N-ethyl adjacent to an activating group) is 1. The molecule has 1 heterocycles. The summed E-state index contributed by atoms with van der Waals surface area (Å²) >= 11 is 4.62. The highest BCUT2D eigenvalue weighted by Gasteiger charge is 2.13. The Kier molecular flexibility index (Phi) is 7.27. The van der Waals surface area contributed by atoms with Gasteiger partial charge in [-0.2, -0.15) is 0 Å². The first kappa shape index (κ1) is 19.3. The van der Waals surface area contributed by atoms with Crippen molar-refractivity contribution in [3.8, 4) is 11.5 Å². The largest absolute Gasteiger partial charge is 0.493 e. The van der Waals surface area contributed by atoms with Crippen LogP contribution in [0, 0.1) is 0 Å². The number of nitrogens with one attached hydrogen (secondary N) is 1. The Bertz CT molecular complexity index is 735. The first-order valence-electron chi connectivity index (χ1n) is 7.54. The number of nitrogens with zero attached hydrogens (tertiary/aromatic N) is 1. The van der Waals surface area contributed by atoms with Crippen molar-refractivity contribution in [3.05, 3.63) is 45.1 Å². The number of benzene rings is 1. The third-order valence-electron chi connectivity index (χ3n) is 3.38. The van der Waals surface area contributed by atoms with Crippen LogP contribution >= 0.6 is 27.3 Å². The molecule has 0 unspecified atom stereocenters. The van der Waals surface area contributed by atoms with Crippen molar-refractivity contribution in [2.24, 2.45) is 0 Å². The fourth-order valence-corrected chi connectivity index (χ4v) is 3.27. The van der Waals surface area contributed by atoms with Gasteiger partial charge in [0.1, 0.15) is 6.61 Å². The van der Waals surface area contributed by atoms with Crippen LogP contribution in [0.5, 0.6) is 11.5 Å². The second-order valence-corrected chi connectivity index (χ2v) is 7.56. The Morgan fingerprint density at radius 2 is 1.92 bits per heavy atom. The molecule has 0 radical (unpaired) electrons. The summed E-state index contributed by atoms with van der Waals surface area (Å²) in [5, 5.41) is 2.62. The van der Waals surface area contributed by atoms with Crippen LogP contribution in [0.2, 0.25) is 0 Å². The minimum absolute atomic E-state index is 0.0560. The number of ether oxygens (including phenoxy) is 2. The summed E-state index contributed by atoms with van der Waals surface area (Å²) in [6, 6.07) is 10.8. The zero-order valence-corrected chi connectivity index (χ0v) is 16.4. The van der Waals surface area contributed by atoms with E-state index in [0.717, 1.165) is 3.79 Å². The Morgan fingerprint density at radius 3 is 2.56 bits per heavy atom. The van der Waals surface area contributed by atoms with Gasteiger partial charge in [0.2, 0.25) is 5.91 Å². The van der Waals surface area contributed by atoms with Crippen molar-refractivity contribution in [1.29, 1.82) is 0 Å². The number of hydrogen-bond acceptors (Lipinski definition) is 5. The SMILES string of the molecule is COc1ccccc1OCCN(C)C(=O)CNC(=O)c1ccc(Br)s1. The topological polar surface area (TPSA) is 67.9 Å². The summed E-state index contributed by atoms with van der Waals surface area (Å²) in [5.74, 6) is 0.823. The molecule has 2 aromatic rings. The molecule has 1 aromatic heterocycles. The van der Waals surface area contributed by atoms with Crippen LogP contribution < -0.4 is 14.8 Å². The smallest absolute Gasteiger partial charge is 0.261 e. The first-order chi connectivity index (χ1) is 12.0. The average Bonchev–Trinajstić information content (AvgIpc) is 3.06. The Balaban J connectivity index is 1.74. The minimum Gasteiger partial charge on any atom is -0.493 e. The van der Waals surface area contributed by atoms with E-state index in [1.165, 1.54) is 16.2 Å². The van der Waals surface area contributed by atoms with Gasteiger partial charge in [-0.05, 0) is 40.2 Å². The molecule has 0 spiro atoms. The molecule has 1 N–H and O–H groups in total. The number of methoxy groups -OCH3 is 1. The van der Waals surface area contributed by atoms with Crippen molar-refractivity contribution in [3.63, 3.8) is 0 Å². The van der Waals surface area contributed by atoms with Crippen LogP contribution in [-0.4, -0.2) is 50.6 Å². The third kappa shape index (κ3) is 5.75. The number of amides is 2. The van der Waals surface area contributed by atoms with Gasteiger partial charge in [0.25, 0.3) is 5.91 Å². The highest BCUT2D eigenvalue weighted by atomic mass is 79.9. The molecular formula is C17H19BrN2O4S. The summed E-state index contributed by atoms with van der Waals surface area (Å²) in [6.07, 6.45) is 0. The van der Waals surface area contributed by atoms with Crippen LogP contribution in [0.25, 0.3) is 0 Å². The highest BCUT2D eigenvalue weighted by Crippen LogP contribution is 2.25. The molecule has 0 bridgehead atoms. The second kappa shape index (κ2) is 9.43. The zero-order chi connectivity index (χ0) is 18.2. The fraction of sp³-hybridized carbons (Fsp3) is 0.294. The predicted molar refractivity (Wildman–Crippen MR) is 100 cm³/mol. The maximum Gasteiger partial charge on any atom is 0.261 e. The molecule has 0 atom stereocenters. The molecule has 2 amide bonds. The van der Waals surface area contributed by atoms with Gasteiger partial charge in [0.05, 0.1) is 28.9 Å². The number of thiophene rings is 1. The van der Waals surface area contributed by atoms with Gasteiger partial charge in [0.15, 0.2) is 11.5 Å².